The topological polar surface area (TPSA) is 12.0 Å². The van der Waals surface area contributed by atoms with Crippen LogP contribution in [0.25, 0.3) is 0 Å². The van der Waals surface area contributed by atoms with E-state index in [-0.39, 0.29) is 0 Å². The van der Waals surface area contributed by atoms with Crippen LogP contribution in [-0.2, 0) is 5.75 Å². The van der Waals surface area contributed by atoms with Gasteiger partial charge < -0.3 is 5.32 Å². The van der Waals surface area contributed by atoms with Gasteiger partial charge in [-0.2, -0.15) is 11.8 Å². The quantitative estimate of drug-likeness (QED) is 0.753. The fraction of sp³-hybridized carbons (Fsp3) is 0.429. The van der Waals surface area contributed by atoms with Gasteiger partial charge in [-0.1, -0.05) is 42.0 Å². The van der Waals surface area contributed by atoms with Gasteiger partial charge in [0.05, 0.1) is 0 Å². The predicted molar refractivity (Wildman–Crippen MR) is 77.8 cm³/mol. The minimum absolute atomic E-state index is 0.764. The second-order valence-electron chi connectivity index (χ2n) is 4.49. The highest BCUT2D eigenvalue weighted by Crippen LogP contribution is 2.22. The van der Waals surface area contributed by atoms with Gasteiger partial charge in [0.25, 0.3) is 0 Å². The van der Waals surface area contributed by atoms with Crippen molar-refractivity contribution in [1.29, 1.82) is 0 Å². The van der Waals surface area contributed by atoms with E-state index >= 15 is 0 Å². The van der Waals surface area contributed by atoms with E-state index in [9.17, 15) is 0 Å². The highest BCUT2D eigenvalue weighted by atomic mass is 35.5. The van der Waals surface area contributed by atoms with Crippen molar-refractivity contribution in [3.05, 3.63) is 47.0 Å². The van der Waals surface area contributed by atoms with Crippen LogP contribution in [-0.4, -0.2) is 18.3 Å². The Kier molecular flexibility index (Phi) is 4.96. The number of thioether (sulfide) groups is 1. The lowest BCUT2D eigenvalue weighted by atomic mass is 10.2. The first kappa shape index (κ1) is 13.0. The monoisotopic (exact) mass is 267 g/mol. The van der Waals surface area contributed by atoms with Gasteiger partial charge in [-0.05, 0) is 24.5 Å². The lowest BCUT2D eigenvalue weighted by molar-refractivity contribution is 0.736. The largest absolute Gasteiger partial charge is 0.310 e. The second kappa shape index (κ2) is 6.48. The summed E-state index contributed by atoms with van der Waals surface area (Å²) in [5, 5.41) is 4.34. The van der Waals surface area contributed by atoms with Gasteiger partial charge in [-0.15, -0.1) is 0 Å². The Balaban J connectivity index is 1.64. The van der Waals surface area contributed by atoms with Crippen LogP contribution in [0.2, 0.25) is 5.02 Å². The van der Waals surface area contributed by atoms with Crippen LogP contribution in [0.5, 0.6) is 0 Å². The Morgan fingerprint density at radius 1 is 1.41 bits per heavy atom. The Labute approximate surface area is 113 Å². The van der Waals surface area contributed by atoms with Gasteiger partial charge in [0.2, 0.25) is 0 Å². The molecule has 92 valence electrons. The molecule has 1 fully saturated rings. The van der Waals surface area contributed by atoms with Crippen LogP contribution >= 0.6 is 23.4 Å². The van der Waals surface area contributed by atoms with Crippen molar-refractivity contribution in [2.45, 2.75) is 24.6 Å². The number of hydrogen-bond acceptors (Lipinski definition) is 2. The van der Waals surface area contributed by atoms with Gasteiger partial charge in [0.15, 0.2) is 0 Å². The molecular formula is C14H18ClNS. The number of hydrogen-bond donors (Lipinski definition) is 1. The first-order valence-electron chi connectivity index (χ1n) is 5.97. The molecule has 0 aromatic heterocycles. The fourth-order valence-electron chi connectivity index (χ4n) is 1.55. The second-order valence-corrected chi connectivity index (χ2v) is 5.88. The van der Waals surface area contributed by atoms with E-state index in [2.05, 4.69) is 18.0 Å². The number of benzene rings is 1. The summed E-state index contributed by atoms with van der Waals surface area (Å²) in [6.45, 7) is 5.05. The van der Waals surface area contributed by atoms with E-state index in [4.69, 9.17) is 11.6 Å². The third kappa shape index (κ3) is 4.74. The Hall–Kier alpha value is -0.440. The molecule has 2 rings (SSSR count). The summed E-state index contributed by atoms with van der Waals surface area (Å²) in [5.74, 6) is 1.97. The molecule has 1 saturated carbocycles. The lowest BCUT2D eigenvalue weighted by Gasteiger charge is -2.07. The van der Waals surface area contributed by atoms with E-state index in [1.165, 1.54) is 24.0 Å². The van der Waals surface area contributed by atoms with E-state index in [1.54, 1.807) is 0 Å². The van der Waals surface area contributed by atoms with Gasteiger partial charge in [-0.3, -0.25) is 0 Å². The smallest absolute Gasteiger partial charge is 0.0446 e. The van der Waals surface area contributed by atoms with Crippen LogP contribution in [0, 0.1) is 0 Å². The summed E-state index contributed by atoms with van der Waals surface area (Å²) in [7, 11) is 0. The molecule has 0 spiro atoms. The molecule has 0 saturated heterocycles. The molecule has 0 atom stereocenters. The number of nitrogens with one attached hydrogen (secondary N) is 1. The molecule has 0 radical (unpaired) electrons. The standard InChI is InChI=1S/C14H18ClNS/c1-11(8-16-13-6-7-13)9-17-10-12-4-2-3-5-14(12)15/h2-5,13,16H,1,6-10H2. The molecule has 17 heavy (non-hydrogen) atoms. The summed E-state index contributed by atoms with van der Waals surface area (Å²) in [6.07, 6.45) is 2.67. The predicted octanol–water partition coefficient (Wildman–Crippen LogP) is 3.88. The molecule has 0 unspecified atom stereocenters. The molecule has 0 bridgehead atoms. The van der Waals surface area contributed by atoms with Crippen molar-refractivity contribution in [1.82, 2.24) is 5.32 Å². The van der Waals surface area contributed by atoms with Gasteiger partial charge in [0, 0.05) is 29.1 Å². The third-order valence-corrected chi connectivity index (χ3v) is 4.24. The van der Waals surface area contributed by atoms with Crippen molar-refractivity contribution in [2.24, 2.45) is 0 Å². The summed E-state index contributed by atoms with van der Waals surface area (Å²) >= 11 is 7.98. The van der Waals surface area contributed by atoms with E-state index in [1.807, 2.05) is 30.0 Å². The maximum atomic E-state index is 6.10. The van der Waals surface area contributed by atoms with Crippen LogP contribution in [0.4, 0.5) is 0 Å². The normalized spacial score (nSPS) is 14.9. The van der Waals surface area contributed by atoms with E-state index in [0.29, 0.717) is 0 Å². The summed E-state index contributed by atoms with van der Waals surface area (Å²) in [6, 6.07) is 8.79. The van der Waals surface area contributed by atoms with Crippen LogP contribution < -0.4 is 5.32 Å². The molecule has 1 nitrogen and oxygen atoms in total. The maximum absolute atomic E-state index is 6.10. The molecule has 0 aliphatic heterocycles. The van der Waals surface area contributed by atoms with Crippen molar-refractivity contribution in [2.75, 3.05) is 12.3 Å². The lowest BCUT2D eigenvalue weighted by Crippen LogP contribution is -2.19. The first-order valence-corrected chi connectivity index (χ1v) is 7.50. The van der Waals surface area contributed by atoms with Gasteiger partial charge in [0.1, 0.15) is 0 Å². The Morgan fingerprint density at radius 3 is 2.88 bits per heavy atom. The number of rotatable bonds is 7. The maximum Gasteiger partial charge on any atom is 0.0446 e. The molecule has 1 aromatic rings. The molecule has 1 aliphatic carbocycles. The molecule has 0 heterocycles. The first-order chi connectivity index (χ1) is 8.25. The van der Waals surface area contributed by atoms with Gasteiger partial charge >= 0.3 is 0 Å². The van der Waals surface area contributed by atoms with Crippen molar-refractivity contribution in [3.63, 3.8) is 0 Å². The number of halogens is 1. The fourth-order valence-corrected chi connectivity index (χ4v) is 2.79. The van der Waals surface area contributed by atoms with Crippen molar-refractivity contribution >= 4 is 23.4 Å². The summed E-state index contributed by atoms with van der Waals surface area (Å²) in [5.41, 5.74) is 2.48. The van der Waals surface area contributed by atoms with Gasteiger partial charge in [-0.25, -0.2) is 0 Å². The highest BCUT2D eigenvalue weighted by Gasteiger charge is 2.19. The average molecular weight is 268 g/mol. The van der Waals surface area contributed by atoms with Crippen LogP contribution in [0.1, 0.15) is 18.4 Å². The minimum Gasteiger partial charge on any atom is -0.310 e. The highest BCUT2D eigenvalue weighted by molar-refractivity contribution is 7.98. The SMILES string of the molecule is C=C(CNC1CC1)CSCc1ccccc1Cl. The van der Waals surface area contributed by atoms with Crippen molar-refractivity contribution < 1.29 is 0 Å². The van der Waals surface area contributed by atoms with Crippen molar-refractivity contribution in [3.8, 4) is 0 Å². The zero-order valence-electron chi connectivity index (χ0n) is 9.92. The molecule has 3 heteroatoms. The Morgan fingerprint density at radius 2 is 2.18 bits per heavy atom. The summed E-state index contributed by atoms with van der Waals surface area (Å²) in [4.78, 5) is 0. The zero-order chi connectivity index (χ0) is 12.1. The minimum atomic E-state index is 0.764. The third-order valence-electron chi connectivity index (χ3n) is 2.74. The molecule has 1 N–H and O–H groups in total. The summed E-state index contributed by atoms with van der Waals surface area (Å²) < 4.78 is 0. The zero-order valence-corrected chi connectivity index (χ0v) is 11.5. The molecular weight excluding hydrogens is 250 g/mol. The van der Waals surface area contributed by atoms with E-state index in [0.717, 1.165) is 29.1 Å². The van der Waals surface area contributed by atoms with Crippen LogP contribution in [0.3, 0.4) is 0 Å². The van der Waals surface area contributed by atoms with E-state index < -0.39 is 0 Å². The van der Waals surface area contributed by atoms with Crippen LogP contribution in [0.15, 0.2) is 36.4 Å². The average Bonchev–Trinajstić information content (AvgIpc) is 3.13. The molecule has 1 aliphatic rings. The molecule has 1 aromatic carbocycles. The molecule has 0 amide bonds. The Bertz CT molecular complexity index is 388.